The van der Waals surface area contributed by atoms with E-state index in [9.17, 15) is 0 Å². The van der Waals surface area contributed by atoms with E-state index >= 15 is 0 Å². The molecule has 0 saturated carbocycles. The van der Waals surface area contributed by atoms with Gasteiger partial charge in [-0.2, -0.15) is 0 Å². The molecule has 0 N–H and O–H groups in total. The Morgan fingerprint density at radius 2 is 0.619 bits per heavy atom. The summed E-state index contributed by atoms with van der Waals surface area (Å²) in [6.45, 7) is 19.9. The van der Waals surface area contributed by atoms with Gasteiger partial charge in [-0.25, -0.2) is 0 Å². The summed E-state index contributed by atoms with van der Waals surface area (Å²) in [5.41, 5.74) is 3.97. The average molecular weight is 568 g/mol. The molecule has 6 heteroatoms. The van der Waals surface area contributed by atoms with Crippen LogP contribution in [0.4, 0.5) is 0 Å². The van der Waals surface area contributed by atoms with Gasteiger partial charge in [0.1, 0.15) is 17.2 Å². The summed E-state index contributed by atoms with van der Waals surface area (Å²) < 4.78 is 18.2. The van der Waals surface area contributed by atoms with Gasteiger partial charge in [0.05, 0.1) is 0 Å². The van der Waals surface area contributed by atoms with Crippen molar-refractivity contribution in [3.05, 3.63) is 89.5 Å². The molecule has 0 unspecified atom stereocenters. The Bertz CT molecular complexity index is 1270. The van der Waals surface area contributed by atoms with Crippen molar-refractivity contribution in [1.29, 1.82) is 0 Å². The van der Waals surface area contributed by atoms with E-state index in [-0.39, 0.29) is 34.3 Å². The minimum atomic E-state index is 0.0809. The van der Waals surface area contributed by atoms with Crippen LogP contribution >= 0.6 is 0 Å². The molecule has 0 aliphatic rings. The fourth-order valence-electron chi connectivity index (χ4n) is 4.31. The summed E-state index contributed by atoms with van der Waals surface area (Å²) in [6.07, 6.45) is 3.11. The lowest BCUT2D eigenvalue weighted by molar-refractivity contribution is 0.361. The first-order valence-corrected chi connectivity index (χ1v) is 15.0. The van der Waals surface area contributed by atoms with Crippen molar-refractivity contribution >= 4 is 0 Å². The normalized spacial score (nSPS) is 12.2. The van der Waals surface area contributed by atoms with E-state index in [4.69, 9.17) is 14.2 Å². The molecule has 0 bridgehead atoms. The fourth-order valence-corrected chi connectivity index (χ4v) is 4.31. The maximum Gasteiger partial charge on any atom is 0.331 e. The number of ether oxygens (including phenoxy) is 3. The number of aromatic nitrogens is 3. The first-order valence-electron chi connectivity index (χ1n) is 15.0. The molecule has 0 aliphatic heterocycles. The average Bonchev–Trinajstić information content (AvgIpc) is 2.98. The van der Waals surface area contributed by atoms with Crippen LogP contribution in [0.5, 0.6) is 35.3 Å². The van der Waals surface area contributed by atoms with Gasteiger partial charge in [-0.05, 0) is 88.6 Å². The summed E-state index contributed by atoms with van der Waals surface area (Å²) in [6, 6.07) is 24.3. The van der Waals surface area contributed by atoms with Crippen molar-refractivity contribution in [1.82, 2.24) is 15.0 Å². The van der Waals surface area contributed by atoms with Crippen LogP contribution in [-0.4, -0.2) is 15.0 Å². The maximum atomic E-state index is 6.07. The smallest absolute Gasteiger partial charge is 0.331 e. The van der Waals surface area contributed by atoms with Crippen LogP contribution in [0.25, 0.3) is 0 Å². The Kier molecular flexibility index (Phi) is 9.24. The van der Waals surface area contributed by atoms with Crippen molar-refractivity contribution < 1.29 is 14.2 Å². The summed E-state index contributed by atoms with van der Waals surface area (Å²) in [4.78, 5) is 13.4. The lowest BCUT2D eigenvalue weighted by atomic mass is 9.82. The second kappa shape index (κ2) is 12.5. The highest BCUT2D eigenvalue weighted by Gasteiger charge is 2.21. The van der Waals surface area contributed by atoms with Gasteiger partial charge in [0.15, 0.2) is 0 Å². The van der Waals surface area contributed by atoms with E-state index in [2.05, 4.69) is 114 Å². The number of hydrogen-bond acceptors (Lipinski definition) is 6. The zero-order chi connectivity index (χ0) is 30.5. The minimum Gasteiger partial charge on any atom is -0.424 e. The Balaban J connectivity index is 1.62. The molecule has 0 fully saturated rings. The van der Waals surface area contributed by atoms with Crippen LogP contribution in [-0.2, 0) is 16.2 Å². The van der Waals surface area contributed by atoms with Crippen LogP contribution in [0, 0.1) is 0 Å². The zero-order valence-electron chi connectivity index (χ0n) is 26.6. The third-order valence-electron chi connectivity index (χ3n) is 8.76. The summed E-state index contributed by atoms with van der Waals surface area (Å²) in [5, 5.41) is 0. The van der Waals surface area contributed by atoms with E-state index in [0.717, 1.165) is 19.3 Å². The van der Waals surface area contributed by atoms with E-state index in [1.165, 1.54) is 16.7 Å². The van der Waals surface area contributed by atoms with Crippen molar-refractivity contribution in [2.75, 3.05) is 0 Å². The second-order valence-corrected chi connectivity index (χ2v) is 12.8. The standard InChI is InChI=1S/C36H45N3O3/c1-10-34(4,5)25-13-19-28(20-14-25)40-31-37-32(41-29-21-15-26(16-22-29)35(6,7)11-2)39-33(38-31)42-30-23-17-27(18-24-30)36(8,9)12-3/h13-24H,10-12H2,1-9H3. The van der Waals surface area contributed by atoms with Crippen molar-refractivity contribution in [2.45, 2.75) is 97.8 Å². The van der Waals surface area contributed by atoms with Gasteiger partial charge in [-0.15, -0.1) is 15.0 Å². The lowest BCUT2D eigenvalue weighted by Gasteiger charge is -2.23. The minimum absolute atomic E-state index is 0.0809. The molecule has 1 heterocycles. The second-order valence-electron chi connectivity index (χ2n) is 12.8. The number of hydrogen-bond donors (Lipinski definition) is 0. The Labute approximate surface area is 251 Å². The molecular weight excluding hydrogens is 522 g/mol. The largest absolute Gasteiger partial charge is 0.424 e. The summed E-state index contributed by atoms with van der Waals surface area (Å²) in [5.74, 6) is 1.85. The molecule has 0 spiro atoms. The van der Waals surface area contributed by atoms with Gasteiger partial charge >= 0.3 is 18.0 Å². The first-order chi connectivity index (χ1) is 19.8. The van der Waals surface area contributed by atoms with Crippen LogP contribution in [0.3, 0.4) is 0 Å². The van der Waals surface area contributed by atoms with Gasteiger partial charge < -0.3 is 14.2 Å². The Morgan fingerprint density at radius 3 is 0.810 bits per heavy atom. The third kappa shape index (κ3) is 7.47. The molecule has 0 amide bonds. The van der Waals surface area contributed by atoms with Gasteiger partial charge in [0, 0.05) is 0 Å². The number of nitrogens with zero attached hydrogens (tertiary/aromatic N) is 3. The van der Waals surface area contributed by atoms with Gasteiger partial charge in [0.2, 0.25) is 0 Å². The molecular formula is C36H45N3O3. The van der Waals surface area contributed by atoms with E-state index < -0.39 is 0 Å². The van der Waals surface area contributed by atoms with E-state index in [1.807, 2.05) is 36.4 Å². The van der Waals surface area contributed by atoms with Crippen molar-refractivity contribution in [2.24, 2.45) is 0 Å². The van der Waals surface area contributed by atoms with Crippen LogP contribution in [0.1, 0.15) is 98.3 Å². The Morgan fingerprint density at radius 1 is 0.405 bits per heavy atom. The molecule has 3 aromatic carbocycles. The molecule has 1 aromatic heterocycles. The highest BCUT2D eigenvalue weighted by molar-refractivity contribution is 5.36. The van der Waals surface area contributed by atoms with Crippen molar-refractivity contribution in [3.63, 3.8) is 0 Å². The maximum absolute atomic E-state index is 6.07. The molecule has 6 nitrogen and oxygen atoms in total. The van der Waals surface area contributed by atoms with Gasteiger partial charge in [-0.3, -0.25) is 0 Å². The van der Waals surface area contributed by atoms with Gasteiger partial charge in [0.25, 0.3) is 0 Å². The number of rotatable bonds is 12. The molecule has 42 heavy (non-hydrogen) atoms. The highest BCUT2D eigenvalue weighted by atomic mass is 16.5. The molecule has 0 radical (unpaired) electrons. The molecule has 0 aliphatic carbocycles. The molecule has 222 valence electrons. The monoisotopic (exact) mass is 567 g/mol. The molecule has 4 aromatic rings. The number of benzene rings is 3. The fraction of sp³-hybridized carbons (Fsp3) is 0.417. The SMILES string of the molecule is CCC(C)(C)c1ccc(Oc2nc(Oc3ccc(C(C)(C)CC)cc3)nc(Oc3ccc(C(C)(C)CC)cc3)n2)cc1. The Hall–Kier alpha value is -3.93. The van der Waals surface area contributed by atoms with E-state index in [1.54, 1.807) is 0 Å². The predicted molar refractivity (Wildman–Crippen MR) is 169 cm³/mol. The third-order valence-corrected chi connectivity index (χ3v) is 8.76. The molecule has 0 saturated heterocycles. The topological polar surface area (TPSA) is 66.4 Å². The van der Waals surface area contributed by atoms with Crippen LogP contribution in [0.2, 0.25) is 0 Å². The summed E-state index contributed by atoms with van der Waals surface area (Å²) in [7, 11) is 0. The zero-order valence-corrected chi connectivity index (χ0v) is 26.6. The molecule has 0 atom stereocenters. The lowest BCUT2D eigenvalue weighted by Crippen LogP contribution is -2.15. The van der Waals surface area contributed by atoms with E-state index in [0.29, 0.717) is 17.2 Å². The summed E-state index contributed by atoms with van der Waals surface area (Å²) >= 11 is 0. The molecule has 4 rings (SSSR count). The predicted octanol–water partition coefficient (Wildman–Crippen LogP) is 10.3. The highest BCUT2D eigenvalue weighted by Crippen LogP contribution is 2.33. The van der Waals surface area contributed by atoms with Crippen molar-refractivity contribution in [3.8, 4) is 35.3 Å². The van der Waals surface area contributed by atoms with Crippen LogP contribution < -0.4 is 14.2 Å². The van der Waals surface area contributed by atoms with Crippen LogP contribution in [0.15, 0.2) is 72.8 Å². The quantitative estimate of drug-likeness (QED) is 0.170. The first kappa shape index (κ1) is 31.0. The van der Waals surface area contributed by atoms with Gasteiger partial charge in [-0.1, -0.05) is 98.7 Å².